The molecule has 0 aliphatic heterocycles. The Morgan fingerprint density at radius 3 is 2.93 bits per heavy atom. The van der Waals surface area contributed by atoms with Crippen molar-refractivity contribution < 1.29 is 0 Å². The van der Waals surface area contributed by atoms with Crippen LogP contribution in [0.1, 0.15) is 16.1 Å². The van der Waals surface area contributed by atoms with E-state index in [-0.39, 0.29) is 0 Å². The van der Waals surface area contributed by atoms with Crippen molar-refractivity contribution in [2.75, 3.05) is 6.54 Å². The summed E-state index contributed by atoms with van der Waals surface area (Å²) in [6.07, 6.45) is 2.75. The highest BCUT2D eigenvalue weighted by molar-refractivity contribution is 7.19. The van der Waals surface area contributed by atoms with Crippen LogP contribution in [0.25, 0.3) is 10.1 Å². The normalized spacial score (nSPS) is 11.1. The number of fused-ring (bicyclic) bond motifs is 1. The monoisotopic (exact) mass is 206 g/mol. The van der Waals surface area contributed by atoms with Crippen molar-refractivity contribution in [2.24, 2.45) is 5.73 Å². The van der Waals surface area contributed by atoms with Crippen molar-refractivity contribution >= 4 is 21.4 Å². The molecule has 0 aromatic carbocycles. The summed E-state index contributed by atoms with van der Waals surface area (Å²) >= 11 is 1.84. The van der Waals surface area contributed by atoms with Gasteiger partial charge in [0.05, 0.1) is 5.69 Å². The van der Waals surface area contributed by atoms with Gasteiger partial charge in [0.15, 0.2) is 0 Å². The van der Waals surface area contributed by atoms with Crippen molar-refractivity contribution in [1.29, 1.82) is 0 Å². The number of hydrogen-bond donors (Lipinski definition) is 1. The summed E-state index contributed by atoms with van der Waals surface area (Å²) in [6, 6.07) is 2.08. The van der Waals surface area contributed by atoms with E-state index in [1.54, 1.807) is 0 Å². The Labute approximate surface area is 87.8 Å². The topological polar surface area (TPSA) is 38.9 Å². The zero-order chi connectivity index (χ0) is 10.1. The van der Waals surface area contributed by atoms with Crippen LogP contribution in [0.3, 0.4) is 0 Å². The first-order valence-electron chi connectivity index (χ1n) is 4.77. The molecule has 14 heavy (non-hydrogen) atoms. The molecule has 2 rings (SSSR count). The maximum atomic E-state index is 5.57. The second kappa shape index (κ2) is 3.67. The number of thiophene rings is 1. The third-order valence-electron chi connectivity index (χ3n) is 2.54. The average molecular weight is 206 g/mol. The Morgan fingerprint density at radius 2 is 2.21 bits per heavy atom. The molecule has 0 aliphatic rings. The first-order chi connectivity index (χ1) is 6.74. The Hall–Kier alpha value is -0.930. The zero-order valence-electron chi connectivity index (χ0n) is 8.50. The van der Waals surface area contributed by atoms with E-state index in [9.17, 15) is 0 Å². The van der Waals surface area contributed by atoms with Gasteiger partial charge in [-0.25, -0.2) is 0 Å². The minimum absolute atomic E-state index is 0.667. The van der Waals surface area contributed by atoms with E-state index in [0.717, 1.165) is 12.1 Å². The molecule has 0 spiro atoms. The van der Waals surface area contributed by atoms with Crippen molar-refractivity contribution in [3.05, 3.63) is 28.4 Å². The predicted octanol–water partition coefficient (Wildman–Crippen LogP) is 2.41. The number of nitrogens with zero attached hydrogens (tertiary/aromatic N) is 1. The fourth-order valence-electron chi connectivity index (χ4n) is 1.72. The first-order valence-corrected chi connectivity index (χ1v) is 5.59. The number of aryl methyl sites for hydroxylation is 2. The van der Waals surface area contributed by atoms with Gasteiger partial charge < -0.3 is 5.73 Å². The molecule has 0 radical (unpaired) electrons. The van der Waals surface area contributed by atoms with Crippen LogP contribution in [0.15, 0.2) is 12.3 Å². The van der Waals surface area contributed by atoms with Crippen LogP contribution >= 0.6 is 11.3 Å². The number of pyridine rings is 1. The highest BCUT2D eigenvalue weighted by Gasteiger charge is 2.09. The molecule has 2 N–H and O–H groups in total. The number of rotatable bonds is 2. The smallest absolute Gasteiger partial charge is 0.0505 e. The number of nitrogens with two attached hydrogens (primary N) is 1. The minimum atomic E-state index is 0.667. The third-order valence-corrected chi connectivity index (χ3v) is 3.71. The lowest BCUT2D eigenvalue weighted by Crippen LogP contribution is -2.04. The van der Waals surface area contributed by atoms with Crippen LogP contribution in [-0.4, -0.2) is 11.5 Å². The molecule has 0 amide bonds. The van der Waals surface area contributed by atoms with Gasteiger partial charge in [-0.15, -0.1) is 11.3 Å². The van der Waals surface area contributed by atoms with Crippen LogP contribution in [-0.2, 0) is 6.42 Å². The quantitative estimate of drug-likeness (QED) is 0.819. The van der Waals surface area contributed by atoms with Gasteiger partial charge in [0.2, 0.25) is 0 Å². The molecule has 0 atom stereocenters. The Balaban J connectivity index is 2.71. The summed E-state index contributed by atoms with van der Waals surface area (Å²) < 4.78 is 1.33. The van der Waals surface area contributed by atoms with E-state index in [1.165, 1.54) is 20.5 Å². The van der Waals surface area contributed by atoms with Crippen molar-refractivity contribution in [2.45, 2.75) is 20.3 Å². The molecule has 0 aliphatic carbocycles. The van der Waals surface area contributed by atoms with E-state index in [0.29, 0.717) is 6.54 Å². The highest BCUT2D eigenvalue weighted by Crippen LogP contribution is 2.31. The molecule has 0 bridgehead atoms. The summed E-state index contributed by atoms with van der Waals surface area (Å²) in [4.78, 5) is 5.78. The van der Waals surface area contributed by atoms with Crippen molar-refractivity contribution in [1.82, 2.24) is 4.98 Å². The SMILES string of the molecule is Cc1sc2ccnc(CCN)c2c1C. The van der Waals surface area contributed by atoms with Gasteiger partial charge >= 0.3 is 0 Å². The van der Waals surface area contributed by atoms with E-state index in [2.05, 4.69) is 24.9 Å². The molecule has 0 unspecified atom stereocenters. The lowest BCUT2D eigenvalue weighted by Gasteiger charge is -2.01. The Morgan fingerprint density at radius 1 is 1.43 bits per heavy atom. The molecule has 2 aromatic heterocycles. The number of hydrogen-bond acceptors (Lipinski definition) is 3. The molecule has 2 heterocycles. The van der Waals surface area contributed by atoms with Gasteiger partial charge in [0, 0.05) is 27.6 Å². The van der Waals surface area contributed by atoms with Gasteiger partial charge in [-0.1, -0.05) is 0 Å². The largest absolute Gasteiger partial charge is 0.330 e. The fraction of sp³-hybridized carbons (Fsp3) is 0.364. The molecule has 74 valence electrons. The fourth-order valence-corrected chi connectivity index (χ4v) is 2.80. The maximum Gasteiger partial charge on any atom is 0.0505 e. The van der Waals surface area contributed by atoms with Crippen LogP contribution in [0.2, 0.25) is 0 Å². The van der Waals surface area contributed by atoms with E-state index < -0.39 is 0 Å². The van der Waals surface area contributed by atoms with Gasteiger partial charge in [-0.05, 0) is 32.0 Å². The molecule has 2 aromatic rings. The lowest BCUT2D eigenvalue weighted by molar-refractivity contribution is 0.935. The number of aromatic nitrogens is 1. The standard InChI is InChI=1S/C11H14N2S/c1-7-8(2)14-10-4-6-13-9(3-5-12)11(7)10/h4,6H,3,5,12H2,1-2H3. The molecule has 3 heteroatoms. The first kappa shape index (κ1) is 9.62. The minimum Gasteiger partial charge on any atom is -0.330 e. The van der Waals surface area contributed by atoms with Gasteiger partial charge in [0.1, 0.15) is 0 Å². The van der Waals surface area contributed by atoms with Gasteiger partial charge in [-0.3, -0.25) is 4.98 Å². The van der Waals surface area contributed by atoms with Crippen LogP contribution in [0, 0.1) is 13.8 Å². The van der Waals surface area contributed by atoms with E-state index >= 15 is 0 Å². The summed E-state index contributed by atoms with van der Waals surface area (Å²) in [5.41, 5.74) is 8.08. The molecule has 0 fully saturated rings. The average Bonchev–Trinajstić information content (AvgIpc) is 2.45. The third kappa shape index (κ3) is 1.42. The summed E-state index contributed by atoms with van der Waals surface area (Å²) in [6.45, 7) is 4.99. The molecule has 0 saturated carbocycles. The van der Waals surface area contributed by atoms with Crippen LogP contribution < -0.4 is 5.73 Å². The summed E-state index contributed by atoms with van der Waals surface area (Å²) in [5, 5.41) is 1.32. The van der Waals surface area contributed by atoms with E-state index in [4.69, 9.17) is 5.73 Å². The lowest BCUT2D eigenvalue weighted by atomic mass is 10.1. The van der Waals surface area contributed by atoms with Gasteiger partial charge in [0.25, 0.3) is 0 Å². The second-order valence-corrected chi connectivity index (χ2v) is 4.71. The van der Waals surface area contributed by atoms with Crippen molar-refractivity contribution in [3.63, 3.8) is 0 Å². The van der Waals surface area contributed by atoms with Crippen LogP contribution in [0.5, 0.6) is 0 Å². The molecule has 2 nitrogen and oxygen atoms in total. The molecule has 0 saturated heterocycles. The highest BCUT2D eigenvalue weighted by atomic mass is 32.1. The van der Waals surface area contributed by atoms with Gasteiger partial charge in [-0.2, -0.15) is 0 Å². The predicted molar refractivity (Wildman–Crippen MR) is 61.9 cm³/mol. The zero-order valence-corrected chi connectivity index (χ0v) is 9.32. The van der Waals surface area contributed by atoms with Crippen LogP contribution in [0.4, 0.5) is 0 Å². The molecular weight excluding hydrogens is 192 g/mol. The molecular formula is C11H14N2S. The summed E-state index contributed by atoms with van der Waals surface area (Å²) in [7, 11) is 0. The van der Waals surface area contributed by atoms with Crippen molar-refractivity contribution in [3.8, 4) is 0 Å². The van der Waals surface area contributed by atoms with E-state index in [1.807, 2.05) is 17.5 Å². The Kier molecular flexibility index (Phi) is 2.52. The second-order valence-electron chi connectivity index (χ2n) is 3.45. The summed E-state index contributed by atoms with van der Waals surface area (Å²) in [5.74, 6) is 0. The maximum absolute atomic E-state index is 5.57. The Bertz CT molecular complexity index is 460.